The number of carbonyl (C=O) groups is 1. The van der Waals surface area contributed by atoms with Crippen molar-refractivity contribution in [3.05, 3.63) is 29.6 Å². The predicted molar refractivity (Wildman–Crippen MR) is 76.8 cm³/mol. The molecule has 20 heavy (non-hydrogen) atoms. The number of amides is 1. The minimum absolute atomic E-state index is 0.00326. The van der Waals surface area contributed by atoms with E-state index in [0.29, 0.717) is 18.1 Å². The Hall–Kier alpha value is -1.92. The lowest BCUT2D eigenvalue weighted by Crippen LogP contribution is -2.24. The lowest BCUT2D eigenvalue weighted by molar-refractivity contribution is -0.117. The van der Waals surface area contributed by atoms with E-state index in [0.717, 1.165) is 11.3 Å². The second-order valence-corrected chi connectivity index (χ2v) is 5.66. The van der Waals surface area contributed by atoms with Crippen molar-refractivity contribution >= 4 is 22.4 Å². The summed E-state index contributed by atoms with van der Waals surface area (Å²) >= 11 is 1.41. The highest BCUT2D eigenvalue weighted by atomic mass is 32.1. The van der Waals surface area contributed by atoms with Gasteiger partial charge in [-0.05, 0) is 24.3 Å². The third kappa shape index (κ3) is 2.39. The molecule has 1 fully saturated rings. The van der Waals surface area contributed by atoms with Crippen LogP contribution in [0.15, 0.2) is 29.6 Å². The summed E-state index contributed by atoms with van der Waals surface area (Å²) in [4.78, 5) is 18.0. The van der Waals surface area contributed by atoms with Crippen LogP contribution in [0.2, 0.25) is 0 Å². The predicted octanol–water partition coefficient (Wildman–Crippen LogP) is 1.86. The van der Waals surface area contributed by atoms with E-state index in [4.69, 9.17) is 5.11 Å². The van der Waals surface area contributed by atoms with Crippen molar-refractivity contribution in [1.29, 1.82) is 0 Å². The summed E-state index contributed by atoms with van der Waals surface area (Å²) in [7, 11) is 0. The molecule has 0 spiro atoms. The summed E-state index contributed by atoms with van der Waals surface area (Å²) in [5.74, 6) is 0.226. The van der Waals surface area contributed by atoms with Gasteiger partial charge >= 0.3 is 0 Å². The van der Waals surface area contributed by atoms with E-state index in [1.165, 1.54) is 11.3 Å². The first kappa shape index (κ1) is 13.1. The number of hydrogen-bond donors (Lipinski definition) is 2. The lowest BCUT2D eigenvalue weighted by Gasteiger charge is -2.11. The number of thiazole rings is 1. The largest absolute Gasteiger partial charge is 0.508 e. The van der Waals surface area contributed by atoms with E-state index in [2.05, 4.69) is 4.98 Å². The van der Waals surface area contributed by atoms with Crippen LogP contribution in [0, 0.1) is 5.92 Å². The summed E-state index contributed by atoms with van der Waals surface area (Å²) < 4.78 is 0. The molecule has 0 aliphatic carbocycles. The summed E-state index contributed by atoms with van der Waals surface area (Å²) in [5.41, 5.74) is 1.68. The average molecular weight is 290 g/mol. The zero-order valence-electron chi connectivity index (χ0n) is 10.7. The van der Waals surface area contributed by atoms with Gasteiger partial charge in [0.05, 0.1) is 5.69 Å². The smallest absolute Gasteiger partial charge is 0.229 e. The molecule has 1 amide bonds. The Balaban J connectivity index is 1.83. The van der Waals surface area contributed by atoms with Crippen LogP contribution < -0.4 is 4.90 Å². The molecule has 2 heterocycles. The van der Waals surface area contributed by atoms with Gasteiger partial charge in [0, 0.05) is 36.4 Å². The monoisotopic (exact) mass is 290 g/mol. The van der Waals surface area contributed by atoms with Gasteiger partial charge in [-0.25, -0.2) is 4.98 Å². The molecular formula is C14H14N2O3S. The molecule has 1 aromatic heterocycles. The van der Waals surface area contributed by atoms with Gasteiger partial charge in [0.1, 0.15) is 5.75 Å². The van der Waals surface area contributed by atoms with Gasteiger partial charge < -0.3 is 10.2 Å². The van der Waals surface area contributed by atoms with Crippen LogP contribution in [-0.4, -0.2) is 34.3 Å². The Morgan fingerprint density at radius 3 is 2.75 bits per heavy atom. The maximum atomic E-state index is 11.9. The number of anilines is 1. The van der Waals surface area contributed by atoms with Crippen molar-refractivity contribution in [1.82, 2.24) is 4.98 Å². The first-order valence-electron chi connectivity index (χ1n) is 6.33. The third-order valence-electron chi connectivity index (χ3n) is 3.35. The molecule has 1 aliphatic heterocycles. The first-order chi connectivity index (χ1) is 9.67. The number of phenols is 1. The Morgan fingerprint density at radius 1 is 1.35 bits per heavy atom. The average Bonchev–Trinajstić information content (AvgIpc) is 3.06. The topological polar surface area (TPSA) is 73.7 Å². The summed E-state index contributed by atoms with van der Waals surface area (Å²) in [6.07, 6.45) is 0.380. The molecule has 3 rings (SSSR count). The van der Waals surface area contributed by atoms with Gasteiger partial charge in [0.2, 0.25) is 5.91 Å². The van der Waals surface area contributed by atoms with Gasteiger partial charge in [-0.2, -0.15) is 0 Å². The van der Waals surface area contributed by atoms with Crippen LogP contribution in [-0.2, 0) is 4.79 Å². The quantitative estimate of drug-likeness (QED) is 0.905. The SMILES string of the molecule is O=C1CC(CO)CN1c1nc(-c2ccc(O)cc2)cs1. The third-order valence-corrected chi connectivity index (χ3v) is 4.21. The second-order valence-electron chi connectivity index (χ2n) is 4.82. The van der Waals surface area contributed by atoms with Crippen molar-refractivity contribution in [3.8, 4) is 17.0 Å². The zero-order valence-corrected chi connectivity index (χ0v) is 11.5. The second kappa shape index (κ2) is 5.22. The highest BCUT2D eigenvalue weighted by molar-refractivity contribution is 7.14. The number of aliphatic hydroxyl groups excluding tert-OH is 1. The Kier molecular flexibility index (Phi) is 3.42. The van der Waals surface area contributed by atoms with E-state index in [1.807, 2.05) is 5.38 Å². The minimum atomic E-state index is 0.00326. The first-order valence-corrected chi connectivity index (χ1v) is 7.21. The van der Waals surface area contributed by atoms with E-state index in [-0.39, 0.29) is 24.2 Å². The Labute approximate surface area is 120 Å². The number of aromatic hydroxyl groups is 1. The molecule has 1 aromatic carbocycles. The minimum Gasteiger partial charge on any atom is -0.508 e. The number of nitrogens with zero attached hydrogens (tertiary/aromatic N) is 2. The Morgan fingerprint density at radius 2 is 2.10 bits per heavy atom. The van der Waals surface area contributed by atoms with Crippen LogP contribution in [0.4, 0.5) is 5.13 Å². The zero-order chi connectivity index (χ0) is 14.1. The lowest BCUT2D eigenvalue weighted by atomic mass is 10.1. The van der Waals surface area contributed by atoms with E-state index in [9.17, 15) is 9.90 Å². The molecule has 0 bridgehead atoms. The molecule has 2 aromatic rings. The number of rotatable bonds is 3. The molecule has 6 heteroatoms. The fraction of sp³-hybridized carbons (Fsp3) is 0.286. The van der Waals surface area contributed by atoms with Gasteiger partial charge in [-0.15, -0.1) is 11.3 Å². The number of aliphatic hydroxyl groups is 1. The van der Waals surface area contributed by atoms with Gasteiger partial charge in [-0.1, -0.05) is 0 Å². The molecule has 1 unspecified atom stereocenters. The number of phenolic OH excluding ortho intramolecular Hbond substituents is 1. The molecule has 1 saturated heterocycles. The normalized spacial score (nSPS) is 18.8. The molecule has 0 saturated carbocycles. The van der Waals surface area contributed by atoms with Gasteiger partial charge in [0.15, 0.2) is 5.13 Å². The number of carbonyl (C=O) groups excluding carboxylic acids is 1. The summed E-state index contributed by atoms with van der Waals surface area (Å²) in [6, 6.07) is 6.79. The van der Waals surface area contributed by atoms with Crippen molar-refractivity contribution in [3.63, 3.8) is 0 Å². The van der Waals surface area contributed by atoms with Crippen molar-refractivity contribution < 1.29 is 15.0 Å². The van der Waals surface area contributed by atoms with Gasteiger partial charge in [0.25, 0.3) is 0 Å². The highest BCUT2D eigenvalue weighted by Crippen LogP contribution is 2.31. The molecule has 1 atom stereocenters. The number of benzene rings is 1. The van der Waals surface area contributed by atoms with Gasteiger partial charge in [-0.3, -0.25) is 9.69 Å². The molecule has 2 N–H and O–H groups in total. The summed E-state index contributed by atoms with van der Waals surface area (Å²) in [5, 5.41) is 21.0. The van der Waals surface area contributed by atoms with Crippen LogP contribution in [0.5, 0.6) is 5.75 Å². The number of hydrogen-bond acceptors (Lipinski definition) is 5. The van der Waals surface area contributed by atoms with Crippen LogP contribution in [0.1, 0.15) is 6.42 Å². The maximum absolute atomic E-state index is 11.9. The van der Waals surface area contributed by atoms with Crippen LogP contribution in [0.3, 0.4) is 0 Å². The van der Waals surface area contributed by atoms with Crippen LogP contribution >= 0.6 is 11.3 Å². The fourth-order valence-electron chi connectivity index (χ4n) is 2.24. The van der Waals surface area contributed by atoms with Crippen molar-refractivity contribution in [2.75, 3.05) is 18.1 Å². The summed E-state index contributed by atoms with van der Waals surface area (Å²) in [6.45, 7) is 0.552. The van der Waals surface area contributed by atoms with Crippen molar-refractivity contribution in [2.24, 2.45) is 5.92 Å². The van der Waals surface area contributed by atoms with Crippen LogP contribution in [0.25, 0.3) is 11.3 Å². The van der Waals surface area contributed by atoms with E-state index < -0.39 is 0 Å². The molecule has 104 valence electrons. The molecule has 5 nitrogen and oxygen atoms in total. The van der Waals surface area contributed by atoms with Crippen molar-refractivity contribution in [2.45, 2.75) is 6.42 Å². The Bertz CT molecular complexity index is 624. The highest BCUT2D eigenvalue weighted by Gasteiger charge is 2.31. The molecular weight excluding hydrogens is 276 g/mol. The fourth-order valence-corrected chi connectivity index (χ4v) is 3.10. The van der Waals surface area contributed by atoms with E-state index >= 15 is 0 Å². The van der Waals surface area contributed by atoms with E-state index in [1.54, 1.807) is 29.2 Å². The molecule has 0 radical (unpaired) electrons. The maximum Gasteiger partial charge on any atom is 0.229 e. The standard InChI is InChI=1S/C14H14N2O3S/c17-7-9-5-13(19)16(6-9)14-15-12(8-20-14)10-1-3-11(18)4-2-10/h1-4,8-9,17-18H,5-7H2. The molecule has 1 aliphatic rings. The number of aromatic nitrogens is 1.